The molecule has 2 aliphatic heterocycles. The van der Waals surface area contributed by atoms with Crippen molar-refractivity contribution >= 4 is 23.7 Å². The average Bonchev–Trinajstić information content (AvgIpc) is 2.81. The Morgan fingerprint density at radius 2 is 2.17 bits per heavy atom. The Labute approximate surface area is 103 Å². The van der Waals surface area contributed by atoms with Gasteiger partial charge in [-0.2, -0.15) is 4.58 Å². The van der Waals surface area contributed by atoms with Crippen LogP contribution in [0.3, 0.4) is 0 Å². The summed E-state index contributed by atoms with van der Waals surface area (Å²) in [5.41, 5.74) is 7.42. The molecule has 2 aliphatic rings. The summed E-state index contributed by atoms with van der Waals surface area (Å²) in [6.07, 6.45) is 0.870. The van der Waals surface area contributed by atoms with Gasteiger partial charge in [0.25, 0.3) is 5.91 Å². The molecule has 2 heterocycles. The Morgan fingerprint density at radius 1 is 1.39 bits per heavy atom. The molecule has 2 atom stereocenters. The molecule has 2 amide bonds. The van der Waals surface area contributed by atoms with E-state index in [9.17, 15) is 14.7 Å². The maximum Gasteiger partial charge on any atom is 0.421 e. The van der Waals surface area contributed by atoms with E-state index < -0.39 is 12.3 Å². The van der Waals surface area contributed by atoms with Gasteiger partial charge < -0.3 is 16.2 Å². The first-order valence-electron chi connectivity index (χ1n) is 5.62. The van der Waals surface area contributed by atoms with Crippen molar-refractivity contribution in [2.45, 2.75) is 18.7 Å². The van der Waals surface area contributed by atoms with Gasteiger partial charge in [0.1, 0.15) is 11.8 Å². The van der Waals surface area contributed by atoms with Crippen molar-refractivity contribution in [3.63, 3.8) is 0 Å². The van der Waals surface area contributed by atoms with E-state index in [1.165, 1.54) is 4.58 Å². The van der Waals surface area contributed by atoms with Crippen molar-refractivity contribution in [3.8, 4) is 0 Å². The highest BCUT2D eigenvalue weighted by atomic mass is 16.3. The minimum atomic E-state index is -0.898. The number of hydrogen-bond acceptors (Lipinski definition) is 4. The first-order chi connectivity index (χ1) is 8.58. The van der Waals surface area contributed by atoms with E-state index in [1.54, 1.807) is 24.4 Å². The number of nitrogens with one attached hydrogen (secondary N) is 1. The van der Waals surface area contributed by atoms with Gasteiger partial charge in [-0.05, 0) is 12.1 Å². The third kappa shape index (κ3) is 1.42. The van der Waals surface area contributed by atoms with Gasteiger partial charge in [-0.3, -0.25) is 4.79 Å². The molecule has 1 fully saturated rings. The second-order valence-electron chi connectivity index (χ2n) is 4.43. The fourth-order valence-electron chi connectivity index (χ4n) is 2.36. The largest absolute Gasteiger partial charge is 0.421 e. The monoisotopic (exact) mass is 246 g/mol. The van der Waals surface area contributed by atoms with Crippen molar-refractivity contribution in [2.24, 2.45) is 0 Å². The fraction of sp³-hybridized carbons (Fsp3) is 0.250. The highest BCUT2D eigenvalue weighted by Gasteiger charge is 2.46. The summed E-state index contributed by atoms with van der Waals surface area (Å²) in [7, 11) is 0. The molecule has 0 spiro atoms. The summed E-state index contributed by atoms with van der Waals surface area (Å²) < 4.78 is 1.34. The van der Waals surface area contributed by atoms with Crippen molar-refractivity contribution in [2.75, 3.05) is 5.73 Å². The van der Waals surface area contributed by atoms with Gasteiger partial charge in [-0.25, -0.2) is 4.79 Å². The van der Waals surface area contributed by atoms with E-state index >= 15 is 0 Å². The number of nitrogens with zero attached hydrogens (tertiary/aromatic N) is 1. The Hall–Kier alpha value is -2.21. The van der Waals surface area contributed by atoms with Gasteiger partial charge in [-0.1, -0.05) is 6.07 Å². The number of aliphatic hydroxyl groups excluding tert-OH is 1. The molecule has 0 bridgehead atoms. The number of nitrogens with two attached hydrogens (primary N) is 1. The Morgan fingerprint density at radius 3 is 2.78 bits per heavy atom. The van der Waals surface area contributed by atoms with Crippen molar-refractivity contribution in [1.29, 1.82) is 0 Å². The van der Waals surface area contributed by atoms with Crippen LogP contribution in [0.1, 0.15) is 22.3 Å². The number of aliphatic hydroxyl groups is 1. The second-order valence-corrected chi connectivity index (χ2v) is 4.43. The number of benzene rings is 1. The van der Waals surface area contributed by atoms with E-state index in [1.807, 2.05) is 0 Å². The van der Waals surface area contributed by atoms with Crippen LogP contribution >= 0.6 is 0 Å². The van der Waals surface area contributed by atoms with Gasteiger partial charge in [0.15, 0.2) is 6.21 Å². The zero-order valence-electron chi connectivity index (χ0n) is 9.46. The molecule has 6 nitrogen and oxygen atoms in total. The van der Waals surface area contributed by atoms with E-state index in [0.717, 1.165) is 0 Å². The lowest BCUT2D eigenvalue weighted by Gasteiger charge is -2.00. The molecule has 1 saturated heterocycles. The molecule has 6 heteroatoms. The SMILES string of the molecule is Nc1cccc2c1C=[N+](C1CC(O)NC1=O)C2=O. The second kappa shape index (κ2) is 3.64. The Bertz CT molecular complexity index is 594. The van der Waals surface area contributed by atoms with Gasteiger partial charge in [-0.15, -0.1) is 0 Å². The number of amides is 2. The first kappa shape index (κ1) is 10.9. The van der Waals surface area contributed by atoms with E-state index in [0.29, 0.717) is 16.8 Å². The number of carbonyl (C=O) groups excluding carboxylic acids is 2. The summed E-state index contributed by atoms with van der Waals surface area (Å²) in [5.74, 6) is -0.606. The minimum Gasteiger partial charge on any atom is -0.398 e. The molecule has 3 rings (SSSR count). The summed E-state index contributed by atoms with van der Waals surface area (Å²) in [6.45, 7) is 0. The molecule has 0 saturated carbocycles. The van der Waals surface area contributed by atoms with E-state index in [2.05, 4.69) is 5.32 Å². The summed E-state index contributed by atoms with van der Waals surface area (Å²) in [4.78, 5) is 23.8. The van der Waals surface area contributed by atoms with E-state index in [4.69, 9.17) is 5.73 Å². The summed E-state index contributed by atoms with van der Waals surface area (Å²) in [6, 6.07) is 4.41. The highest BCUT2D eigenvalue weighted by Crippen LogP contribution is 2.23. The minimum absolute atomic E-state index is 0.189. The average molecular weight is 246 g/mol. The predicted octanol–water partition coefficient (Wildman–Crippen LogP) is -0.939. The summed E-state index contributed by atoms with van der Waals surface area (Å²) in [5, 5.41) is 11.8. The topological polar surface area (TPSA) is 95.4 Å². The number of anilines is 1. The number of hydrogen-bond donors (Lipinski definition) is 3. The molecule has 18 heavy (non-hydrogen) atoms. The first-order valence-corrected chi connectivity index (χ1v) is 5.62. The molecule has 2 unspecified atom stereocenters. The molecular formula is C12H12N3O3+. The quantitative estimate of drug-likeness (QED) is 0.440. The van der Waals surface area contributed by atoms with E-state index in [-0.39, 0.29) is 18.2 Å². The third-order valence-corrected chi connectivity index (χ3v) is 3.27. The number of rotatable bonds is 1. The van der Waals surface area contributed by atoms with Crippen LogP contribution in [0.5, 0.6) is 0 Å². The van der Waals surface area contributed by atoms with Gasteiger partial charge in [0.2, 0.25) is 6.04 Å². The van der Waals surface area contributed by atoms with Crippen molar-refractivity contribution in [1.82, 2.24) is 5.32 Å². The molecule has 0 radical (unpaired) electrons. The molecular weight excluding hydrogens is 234 g/mol. The Balaban J connectivity index is 2.03. The van der Waals surface area contributed by atoms with Gasteiger partial charge in [0.05, 0.1) is 12.0 Å². The Kier molecular flexibility index (Phi) is 2.21. The van der Waals surface area contributed by atoms with Crippen molar-refractivity contribution < 1.29 is 19.3 Å². The van der Waals surface area contributed by atoms with Crippen LogP contribution in [0.4, 0.5) is 5.69 Å². The zero-order chi connectivity index (χ0) is 12.9. The lowest BCUT2D eigenvalue weighted by atomic mass is 10.1. The molecule has 92 valence electrons. The van der Waals surface area contributed by atoms with Crippen LogP contribution in [-0.2, 0) is 4.79 Å². The normalized spacial score (nSPS) is 25.9. The summed E-state index contributed by atoms with van der Waals surface area (Å²) >= 11 is 0. The standard InChI is InChI=1S/C12H11N3O3/c13-8-3-1-2-6-7(8)5-15(12(6)18)9-4-10(16)14-11(9)17/h1-3,5,9-10,13,16H,4H2,(H,14,17)/p+1. The van der Waals surface area contributed by atoms with Crippen LogP contribution in [0, 0.1) is 0 Å². The predicted molar refractivity (Wildman–Crippen MR) is 63.2 cm³/mol. The molecule has 0 aliphatic carbocycles. The number of fused-ring (bicyclic) bond motifs is 1. The van der Waals surface area contributed by atoms with Crippen LogP contribution in [0.15, 0.2) is 18.2 Å². The molecule has 1 aromatic carbocycles. The van der Waals surface area contributed by atoms with Crippen molar-refractivity contribution in [3.05, 3.63) is 29.3 Å². The lowest BCUT2D eigenvalue weighted by Crippen LogP contribution is -2.36. The maximum absolute atomic E-state index is 12.2. The zero-order valence-corrected chi connectivity index (χ0v) is 9.46. The van der Waals surface area contributed by atoms with Crippen LogP contribution in [0.2, 0.25) is 0 Å². The fourth-order valence-corrected chi connectivity index (χ4v) is 2.36. The number of nitrogen functional groups attached to an aromatic ring is 1. The smallest absolute Gasteiger partial charge is 0.398 e. The highest BCUT2D eigenvalue weighted by molar-refractivity contribution is 6.08. The number of carbonyl (C=O) groups is 2. The van der Waals surface area contributed by atoms with Crippen LogP contribution in [-0.4, -0.2) is 40.0 Å². The molecule has 0 aromatic heterocycles. The maximum atomic E-state index is 12.2. The van der Waals surface area contributed by atoms with Gasteiger partial charge >= 0.3 is 5.91 Å². The van der Waals surface area contributed by atoms with Crippen LogP contribution < -0.4 is 11.1 Å². The molecule has 1 aromatic rings. The van der Waals surface area contributed by atoms with Gasteiger partial charge in [0, 0.05) is 5.69 Å². The lowest BCUT2D eigenvalue weighted by molar-refractivity contribution is -0.449. The van der Waals surface area contributed by atoms with Crippen LogP contribution in [0.25, 0.3) is 0 Å². The third-order valence-electron chi connectivity index (χ3n) is 3.27. The molecule has 4 N–H and O–H groups in total.